The number of hydrogen-bond acceptors (Lipinski definition) is 7. The molecule has 0 saturated heterocycles. The predicted molar refractivity (Wildman–Crippen MR) is 113 cm³/mol. The van der Waals surface area contributed by atoms with Gasteiger partial charge in [-0.15, -0.1) is 11.3 Å². The first-order valence-electron chi connectivity index (χ1n) is 9.27. The number of nitrogens with zero attached hydrogens (tertiary/aromatic N) is 4. The van der Waals surface area contributed by atoms with Crippen LogP contribution in [0.25, 0.3) is 16.7 Å². The molecule has 0 aliphatic rings. The van der Waals surface area contributed by atoms with Crippen LogP contribution in [-0.4, -0.2) is 37.4 Å². The Hall–Kier alpha value is -3.53. The van der Waals surface area contributed by atoms with Gasteiger partial charge in [-0.05, 0) is 31.5 Å². The molecular weight excluding hydrogens is 406 g/mol. The Kier molecular flexibility index (Phi) is 5.08. The number of amides is 1. The van der Waals surface area contributed by atoms with E-state index in [0.29, 0.717) is 34.1 Å². The van der Waals surface area contributed by atoms with Gasteiger partial charge in [0.25, 0.3) is 11.5 Å². The van der Waals surface area contributed by atoms with Crippen molar-refractivity contribution in [1.82, 2.24) is 18.9 Å². The summed E-state index contributed by atoms with van der Waals surface area (Å²) >= 11 is 1.21. The topological polar surface area (TPSA) is 108 Å². The maximum atomic E-state index is 12.9. The number of fused-ring (bicyclic) bond motifs is 2. The smallest absolute Gasteiger partial charge is 0.311 e. The van der Waals surface area contributed by atoms with Crippen molar-refractivity contribution in [2.45, 2.75) is 20.3 Å². The molecule has 0 aliphatic heterocycles. The molecule has 154 valence electrons. The maximum Gasteiger partial charge on any atom is 0.311 e. The summed E-state index contributed by atoms with van der Waals surface area (Å²) < 4.78 is 7.97. The Morgan fingerprint density at radius 1 is 1.27 bits per heavy atom. The molecule has 1 amide bonds. The lowest BCUT2D eigenvalue weighted by molar-refractivity contribution is -0.142. The minimum absolute atomic E-state index is 0.0425. The summed E-state index contributed by atoms with van der Waals surface area (Å²) in [7, 11) is 1.69. The Morgan fingerprint density at radius 2 is 2.07 bits per heavy atom. The Bertz CT molecular complexity index is 1350. The minimum atomic E-state index is -0.419. The van der Waals surface area contributed by atoms with E-state index in [-0.39, 0.29) is 23.6 Å². The third kappa shape index (κ3) is 3.45. The van der Waals surface area contributed by atoms with Gasteiger partial charge in [0, 0.05) is 18.6 Å². The molecule has 0 unspecified atom stereocenters. The Balaban J connectivity index is 1.65. The van der Waals surface area contributed by atoms with Gasteiger partial charge in [0.15, 0.2) is 5.13 Å². The molecule has 10 heteroatoms. The number of hydrogen-bond donors (Lipinski definition) is 1. The largest absolute Gasteiger partial charge is 0.466 e. The Morgan fingerprint density at radius 3 is 2.83 bits per heavy atom. The average Bonchev–Trinajstić information content (AvgIpc) is 3.27. The summed E-state index contributed by atoms with van der Waals surface area (Å²) in [4.78, 5) is 46.1. The van der Waals surface area contributed by atoms with Crippen molar-refractivity contribution in [3.63, 3.8) is 0 Å². The third-order valence-corrected chi connectivity index (χ3v) is 5.47. The van der Waals surface area contributed by atoms with Gasteiger partial charge in [0.2, 0.25) is 0 Å². The highest BCUT2D eigenvalue weighted by Gasteiger charge is 2.19. The molecule has 4 rings (SSSR count). The predicted octanol–water partition coefficient (Wildman–Crippen LogP) is 2.31. The molecule has 4 aromatic heterocycles. The van der Waals surface area contributed by atoms with E-state index in [1.54, 1.807) is 36.2 Å². The Labute approximate surface area is 175 Å². The fourth-order valence-corrected chi connectivity index (χ4v) is 3.92. The van der Waals surface area contributed by atoms with Crippen LogP contribution in [0.4, 0.5) is 5.13 Å². The molecule has 0 saturated carbocycles. The zero-order chi connectivity index (χ0) is 21.4. The van der Waals surface area contributed by atoms with Crippen LogP contribution < -0.4 is 10.9 Å². The number of esters is 1. The number of rotatable bonds is 5. The molecular formula is C20H19N5O4S. The molecule has 0 bridgehead atoms. The number of ether oxygens (including phenoxy) is 1. The van der Waals surface area contributed by atoms with Gasteiger partial charge in [0.1, 0.15) is 17.0 Å². The van der Waals surface area contributed by atoms with Crippen molar-refractivity contribution < 1.29 is 14.3 Å². The van der Waals surface area contributed by atoms with E-state index in [2.05, 4.69) is 15.3 Å². The van der Waals surface area contributed by atoms with Gasteiger partial charge in [-0.1, -0.05) is 6.07 Å². The summed E-state index contributed by atoms with van der Waals surface area (Å²) in [5, 5.41) is 5.12. The first-order chi connectivity index (χ1) is 14.4. The standard InChI is InChI=1S/C20H19N5O4S/c1-4-29-15(26)8-12-10-30-20(21-12)23-18(27)14-9-13-17(24(14)3)22-16-11(2)6-5-7-25(16)19(13)28/h5-7,9-10H,4,8H2,1-3H3,(H,21,23,27). The monoisotopic (exact) mass is 425 g/mol. The average molecular weight is 425 g/mol. The van der Waals surface area contributed by atoms with Crippen LogP contribution in [0.1, 0.15) is 28.7 Å². The van der Waals surface area contributed by atoms with E-state index in [9.17, 15) is 14.4 Å². The third-order valence-electron chi connectivity index (χ3n) is 4.66. The van der Waals surface area contributed by atoms with E-state index in [1.165, 1.54) is 21.8 Å². The van der Waals surface area contributed by atoms with Crippen molar-refractivity contribution in [3.8, 4) is 0 Å². The quantitative estimate of drug-likeness (QED) is 0.492. The van der Waals surface area contributed by atoms with Gasteiger partial charge in [-0.3, -0.25) is 24.1 Å². The number of anilines is 1. The summed E-state index contributed by atoms with van der Waals surface area (Å²) in [6.45, 7) is 3.91. The summed E-state index contributed by atoms with van der Waals surface area (Å²) in [6.07, 6.45) is 1.70. The first-order valence-corrected chi connectivity index (χ1v) is 10.2. The van der Waals surface area contributed by atoms with Crippen LogP contribution in [0.15, 0.2) is 34.6 Å². The molecule has 0 fully saturated rings. The number of carbonyl (C=O) groups excluding carboxylic acids is 2. The number of aryl methyl sites for hydroxylation is 2. The highest BCUT2D eigenvalue weighted by molar-refractivity contribution is 7.14. The van der Waals surface area contributed by atoms with E-state index >= 15 is 0 Å². The van der Waals surface area contributed by atoms with Gasteiger partial charge < -0.3 is 9.30 Å². The van der Waals surface area contributed by atoms with Gasteiger partial charge in [-0.2, -0.15) is 0 Å². The summed E-state index contributed by atoms with van der Waals surface area (Å²) in [5.41, 5.74) is 2.41. The van der Waals surface area contributed by atoms with Gasteiger partial charge in [-0.25, -0.2) is 9.97 Å². The van der Waals surface area contributed by atoms with Crippen LogP contribution in [0.3, 0.4) is 0 Å². The summed E-state index contributed by atoms with van der Waals surface area (Å²) in [6, 6.07) is 5.19. The second-order valence-corrected chi connectivity index (χ2v) is 7.57. The highest BCUT2D eigenvalue weighted by Crippen LogP contribution is 2.20. The highest BCUT2D eigenvalue weighted by atomic mass is 32.1. The number of carbonyl (C=O) groups is 2. The molecule has 0 atom stereocenters. The van der Waals surface area contributed by atoms with Crippen molar-refractivity contribution in [3.05, 3.63) is 57.1 Å². The maximum absolute atomic E-state index is 12.9. The van der Waals surface area contributed by atoms with Crippen LogP contribution in [-0.2, 0) is 23.0 Å². The normalized spacial score (nSPS) is 11.2. The van der Waals surface area contributed by atoms with Crippen molar-refractivity contribution >= 4 is 45.0 Å². The van der Waals surface area contributed by atoms with Gasteiger partial charge in [0.05, 0.1) is 24.1 Å². The fraction of sp³-hybridized carbons (Fsp3) is 0.250. The number of thiazole rings is 1. The first kappa shape index (κ1) is 19.8. The second-order valence-electron chi connectivity index (χ2n) is 6.71. The lowest BCUT2D eigenvalue weighted by Crippen LogP contribution is -2.16. The molecule has 0 aliphatic carbocycles. The minimum Gasteiger partial charge on any atom is -0.466 e. The van der Waals surface area contributed by atoms with E-state index in [4.69, 9.17) is 4.74 Å². The molecule has 4 heterocycles. The van der Waals surface area contributed by atoms with Crippen LogP contribution in [0, 0.1) is 6.92 Å². The molecule has 1 N–H and O–H groups in total. The molecule has 0 spiro atoms. The zero-order valence-electron chi connectivity index (χ0n) is 16.6. The van der Waals surface area contributed by atoms with Crippen molar-refractivity contribution in [1.29, 1.82) is 0 Å². The lowest BCUT2D eigenvalue weighted by Gasteiger charge is -2.05. The lowest BCUT2D eigenvalue weighted by atomic mass is 10.3. The second kappa shape index (κ2) is 7.71. The molecule has 0 aromatic carbocycles. The number of nitrogens with one attached hydrogen (secondary N) is 1. The number of aromatic nitrogens is 4. The van der Waals surface area contributed by atoms with Crippen molar-refractivity contribution in [2.24, 2.45) is 7.05 Å². The fourth-order valence-electron chi connectivity index (χ4n) is 3.21. The van der Waals surface area contributed by atoms with Crippen molar-refractivity contribution in [2.75, 3.05) is 11.9 Å². The SMILES string of the molecule is CCOC(=O)Cc1csc(NC(=O)c2cc3c(=O)n4cccc(C)c4nc3n2C)n1. The van der Waals surface area contributed by atoms with E-state index < -0.39 is 5.91 Å². The number of pyridine rings is 1. The molecule has 9 nitrogen and oxygen atoms in total. The molecule has 30 heavy (non-hydrogen) atoms. The van der Waals surface area contributed by atoms with Crippen LogP contribution in [0.2, 0.25) is 0 Å². The van der Waals surface area contributed by atoms with Gasteiger partial charge >= 0.3 is 5.97 Å². The van der Waals surface area contributed by atoms with E-state index in [0.717, 1.165) is 5.56 Å². The molecule has 4 aromatic rings. The van der Waals surface area contributed by atoms with E-state index in [1.807, 2.05) is 13.0 Å². The molecule has 0 radical (unpaired) electrons. The van der Waals surface area contributed by atoms with Crippen LogP contribution >= 0.6 is 11.3 Å². The van der Waals surface area contributed by atoms with Crippen LogP contribution in [0.5, 0.6) is 0 Å². The zero-order valence-corrected chi connectivity index (χ0v) is 17.4. The summed E-state index contributed by atoms with van der Waals surface area (Å²) in [5.74, 6) is -0.791.